The molecule has 0 bridgehead atoms. The van der Waals surface area contributed by atoms with Crippen LogP contribution in [0.4, 0.5) is 0 Å². The smallest absolute Gasteiger partial charge is 0.197 e. The number of nitrogens with zero attached hydrogens (tertiary/aromatic N) is 2. The third-order valence-corrected chi connectivity index (χ3v) is 4.52. The SMILES string of the molecule is CC(CCN(C)Cc1ccccc1)c1nc2c(o1)CCCC2. The van der Waals surface area contributed by atoms with Crippen molar-refractivity contribution in [2.75, 3.05) is 13.6 Å². The molecular weight excluding hydrogens is 272 g/mol. The Kier molecular flexibility index (Phi) is 4.94. The van der Waals surface area contributed by atoms with E-state index in [-0.39, 0.29) is 0 Å². The first-order chi connectivity index (χ1) is 10.7. The van der Waals surface area contributed by atoms with E-state index in [1.54, 1.807) is 0 Å². The lowest BCUT2D eigenvalue weighted by Gasteiger charge is -2.18. The van der Waals surface area contributed by atoms with Crippen LogP contribution in [0.25, 0.3) is 0 Å². The minimum atomic E-state index is 0.392. The van der Waals surface area contributed by atoms with E-state index in [0.717, 1.165) is 44.0 Å². The van der Waals surface area contributed by atoms with Crippen molar-refractivity contribution in [2.24, 2.45) is 0 Å². The van der Waals surface area contributed by atoms with Crippen LogP contribution < -0.4 is 0 Å². The zero-order valence-electron chi connectivity index (χ0n) is 13.7. The largest absolute Gasteiger partial charge is 0.445 e. The van der Waals surface area contributed by atoms with Crippen molar-refractivity contribution in [1.29, 1.82) is 0 Å². The fraction of sp³-hybridized carbons (Fsp3) is 0.526. The average Bonchev–Trinajstić information content (AvgIpc) is 2.98. The maximum absolute atomic E-state index is 5.99. The number of benzene rings is 1. The molecule has 1 aliphatic rings. The van der Waals surface area contributed by atoms with Crippen LogP contribution in [0, 0.1) is 0 Å². The van der Waals surface area contributed by atoms with Crippen LogP contribution in [-0.2, 0) is 19.4 Å². The summed E-state index contributed by atoms with van der Waals surface area (Å²) in [7, 11) is 2.18. The Balaban J connectivity index is 1.51. The van der Waals surface area contributed by atoms with E-state index in [0.29, 0.717) is 5.92 Å². The van der Waals surface area contributed by atoms with E-state index in [9.17, 15) is 0 Å². The molecule has 0 saturated heterocycles. The quantitative estimate of drug-likeness (QED) is 0.801. The first kappa shape index (κ1) is 15.3. The fourth-order valence-electron chi connectivity index (χ4n) is 3.09. The molecule has 0 spiro atoms. The average molecular weight is 298 g/mol. The van der Waals surface area contributed by atoms with E-state index in [2.05, 4.69) is 49.2 Å². The first-order valence-corrected chi connectivity index (χ1v) is 8.43. The Morgan fingerprint density at radius 1 is 1.18 bits per heavy atom. The second kappa shape index (κ2) is 7.10. The molecule has 0 amide bonds. The lowest BCUT2D eigenvalue weighted by molar-refractivity contribution is 0.301. The van der Waals surface area contributed by atoms with Gasteiger partial charge >= 0.3 is 0 Å². The summed E-state index contributed by atoms with van der Waals surface area (Å²) in [5.41, 5.74) is 2.58. The number of hydrogen-bond donors (Lipinski definition) is 0. The molecule has 1 atom stereocenters. The standard InChI is InChI=1S/C19H26N2O/c1-15(19-20-17-10-6-7-11-18(17)22-19)12-13-21(2)14-16-8-4-3-5-9-16/h3-5,8-9,15H,6-7,10-14H2,1-2H3. The van der Waals surface area contributed by atoms with Crippen LogP contribution in [0.2, 0.25) is 0 Å². The molecule has 0 saturated carbocycles. The summed E-state index contributed by atoms with van der Waals surface area (Å²) >= 11 is 0. The molecule has 0 N–H and O–H groups in total. The molecule has 1 aromatic heterocycles. The summed E-state index contributed by atoms with van der Waals surface area (Å²) in [5, 5.41) is 0. The van der Waals surface area contributed by atoms with E-state index >= 15 is 0 Å². The number of oxazole rings is 1. The van der Waals surface area contributed by atoms with Crippen LogP contribution in [0.1, 0.15) is 55.0 Å². The second-order valence-corrected chi connectivity index (χ2v) is 6.54. The molecule has 0 radical (unpaired) electrons. The summed E-state index contributed by atoms with van der Waals surface area (Å²) in [5.74, 6) is 2.48. The monoisotopic (exact) mass is 298 g/mol. The highest BCUT2D eigenvalue weighted by Crippen LogP contribution is 2.26. The van der Waals surface area contributed by atoms with Gasteiger partial charge in [-0.25, -0.2) is 4.98 Å². The van der Waals surface area contributed by atoms with Gasteiger partial charge in [-0.3, -0.25) is 0 Å². The molecule has 0 fully saturated rings. The molecule has 1 unspecified atom stereocenters. The number of rotatable bonds is 6. The predicted octanol–water partition coefficient (Wildman–Crippen LogP) is 4.18. The number of aryl methyl sites for hydroxylation is 2. The van der Waals surface area contributed by atoms with E-state index in [4.69, 9.17) is 9.40 Å². The molecule has 22 heavy (non-hydrogen) atoms. The molecule has 1 heterocycles. The van der Waals surface area contributed by atoms with E-state index < -0.39 is 0 Å². The Morgan fingerprint density at radius 2 is 1.95 bits per heavy atom. The van der Waals surface area contributed by atoms with Gasteiger partial charge in [0.05, 0.1) is 5.69 Å². The molecule has 0 aliphatic heterocycles. The Hall–Kier alpha value is -1.61. The van der Waals surface area contributed by atoms with Gasteiger partial charge in [0, 0.05) is 18.9 Å². The normalized spacial score (nSPS) is 15.8. The van der Waals surface area contributed by atoms with Crippen molar-refractivity contribution >= 4 is 0 Å². The van der Waals surface area contributed by atoms with Gasteiger partial charge in [-0.2, -0.15) is 0 Å². The van der Waals surface area contributed by atoms with E-state index in [1.807, 2.05) is 0 Å². The van der Waals surface area contributed by atoms with Gasteiger partial charge in [-0.05, 0) is 44.8 Å². The minimum Gasteiger partial charge on any atom is -0.445 e. The third kappa shape index (κ3) is 3.77. The van der Waals surface area contributed by atoms with Gasteiger partial charge in [-0.15, -0.1) is 0 Å². The van der Waals surface area contributed by atoms with Crippen molar-refractivity contribution < 1.29 is 4.42 Å². The maximum atomic E-state index is 5.99. The Morgan fingerprint density at radius 3 is 2.73 bits per heavy atom. The molecule has 118 valence electrons. The van der Waals surface area contributed by atoms with Crippen LogP contribution in [0.15, 0.2) is 34.7 Å². The summed E-state index contributed by atoms with van der Waals surface area (Å²) in [6.07, 6.45) is 5.76. The number of hydrogen-bond acceptors (Lipinski definition) is 3. The lowest BCUT2D eigenvalue weighted by atomic mass is 10.0. The van der Waals surface area contributed by atoms with Crippen LogP contribution in [0.5, 0.6) is 0 Å². The highest BCUT2D eigenvalue weighted by Gasteiger charge is 2.20. The third-order valence-electron chi connectivity index (χ3n) is 4.52. The highest BCUT2D eigenvalue weighted by atomic mass is 16.4. The highest BCUT2D eigenvalue weighted by molar-refractivity contribution is 5.15. The molecule has 2 aromatic rings. The molecule has 1 aromatic carbocycles. The Bertz CT molecular complexity index is 567. The van der Waals surface area contributed by atoms with Crippen molar-refractivity contribution in [3.05, 3.63) is 53.2 Å². The second-order valence-electron chi connectivity index (χ2n) is 6.54. The Labute approximate surface area is 133 Å². The molecule has 1 aliphatic carbocycles. The van der Waals surface area contributed by atoms with Gasteiger partial charge in [0.2, 0.25) is 0 Å². The van der Waals surface area contributed by atoms with Gasteiger partial charge in [0.25, 0.3) is 0 Å². The summed E-state index contributed by atoms with van der Waals surface area (Å²) < 4.78 is 5.99. The topological polar surface area (TPSA) is 29.3 Å². The number of fused-ring (bicyclic) bond motifs is 1. The van der Waals surface area contributed by atoms with Crippen molar-refractivity contribution in [1.82, 2.24) is 9.88 Å². The van der Waals surface area contributed by atoms with Gasteiger partial charge in [0.15, 0.2) is 5.89 Å². The molecular formula is C19H26N2O. The summed E-state index contributed by atoms with van der Waals surface area (Å²) in [4.78, 5) is 7.10. The minimum absolute atomic E-state index is 0.392. The molecule has 3 rings (SSSR count). The summed E-state index contributed by atoms with van der Waals surface area (Å²) in [6.45, 7) is 4.28. The molecule has 3 heteroatoms. The maximum Gasteiger partial charge on any atom is 0.197 e. The van der Waals surface area contributed by atoms with Gasteiger partial charge in [-0.1, -0.05) is 37.3 Å². The van der Waals surface area contributed by atoms with Crippen molar-refractivity contribution in [3.8, 4) is 0 Å². The fourth-order valence-corrected chi connectivity index (χ4v) is 3.09. The van der Waals surface area contributed by atoms with Crippen molar-refractivity contribution in [3.63, 3.8) is 0 Å². The zero-order chi connectivity index (χ0) is 15.4. The van der Waals surface area contributed by atoms with Gasteiger partial charge < -0.3 is 9.32 Å². The summed E-state index contributed by atoms with van der Waals surface area (Å²) in [6, 6.07) is 10.6. The molecule has 3 nitrogen and oxygen atoms in total. The van der Waals surface area contributed by atoms with Crippen LogP contribution >= 0.6 is 0 Å². The van der Waals surface area contributed by atoms with Gasteiger partial charge in [0.1, 0.15) is 5.76 Å². The lowest BCUT2D eigenvalue weighted by Crippen LogP contribution is -2.20. The van der Waals surface area contributed by atoms with Crippen LogP contribution in [-0.4, -0.2) is 23.5 Å². The predicted molar refractivity (Wildman–Crippen MR) is 89.0 cm³/mol. The van der Waals surface area contributed by atoms with E-state index in [1.165, 1.54) is 24.1 Å². The first-order valence-electron chi connectivity index (χ1n) is 8.43. The number of aromatic nitrogens is 1. The zero-order valence-corrected chi connectivity index (χ0v) is 13.7. The van der Waals surface area contributed by atoms with Crippen LogP contribution in [0.3, 0.4) is 0 Å². The van der Waals surface area contributed by atoms with Crippen molar-refractivity contribution in [2.45, 2.75) is 51.5 Å².